The van der Waals surface area contributed by atoms with Gasteiger partial charge in [0.1, 0.15) is 28.8 Å². The number of nitrogens with zero attached hydrogens (tertiary/aromatic N) is 3. The van der Waals surface area contributed by atoms with Gasteiger partial charge in [-0.05, 0) is 49.6 Å². The maximum absolute atomic E-state index is 13.4. The molecule has 0 unspecified atom stereocenters. The van der Waals surface area contributed by atoms with Crippen LogP contribution in [-0.2, 0) is 27.8 Å². The van der Waals surface area contributed by atoms with Crippen LogP contribution in [0.5, 0.6) is 11.5 Å². The number of rotatable bonds is 7. The van der Waals surface area contributed by atoms with Crippen molar-refractivity contribution in [3.8, 4) is 11.5 Å². The van der Waals surface area contributed by atoms with E-state index in [-0.39, 0.29) is 33.0 Å². The Morgan fingerprint density at radius 3 is 2.71 bits per heavy atom. The van der Waals surface area contributed by atoms with Crippen LogP contribution in [-0.4, -0.2) is 40.6 Å². The molecule has 0 spiro atoms. The van der Waals surface area contributed by atoms with Crippen LogP contribution in [0.15, 0.2) is 47.5 Å². The minimum Gasteiger partial charge on any atom is -0.480 e. The van der Waals surface area contributed by atoms with Gasteiger partial charge >= 0.3 is 5.97 Å². The van der Waals surface area contributed by atoms with E-state index in [1.54, 1.807) is 0 Å². The molecular weight excluding hydrogens is 508 g/mol. The first-order chi connectivity index (χ1) is 16.1. The number of benzene rings is 2. The maximum Gasteiger partial charge on any atom is 0.325 e. The molecule has 1 aliphatic carbocycles. The molecule has 0 fully saturated rings. The number of sulfonamides is 1. The lowest BCUT2D eigenvalue weighted by Crippen LogP contribution is -2.33. The third kappa shape index (κ3) is 4.76. The smallest absolute Gasteiger partial charge is 0.325 e. The number of hydrogen-bond acceptors (Lipinski definition) is 5. The average Bonchev–Trinajstić information content (AvgIpc) is 3.17. The largest absolute Gasteiger partial charge is 0.480 e. The second-order valence-electron chi connectivity index (χ2n) is 7.80. The first kappa shape index (κ1) is 24.5. The molecule has 0 saturated heterocycles. The van der Waals surface area contributed by atoms with Crippen LogP contribution < -0.4 is 4.74 Å². The number of carboxylic acid groups (broad SMARTS) is 1. The summed E-state index contributed by atoms with van der Waals surface area (Å²) >= 11 is 12.3. The zero-order valence-corrected chi connectivity index (χ0v) is 20.2. The lowest BCUT2D eigenvalue weighted by Gasteiger charge is -2.31. The number of ether oxygens (including phenoxy) is 1. The van der Waals surface area contributed by atoms with E-state index in [1.165, 1.54) is 52.6 Å². The predicted molar refractivity (Wildman–Crippen MR) is 123 cm³/mol. The highest BCUT2D eigenvalue weighted by molar-refractivity contribution is 7.89. The molecule has 0 saturated carbocycles. The monoisotopic (exact) mass is 527 g/mol. The molecule has 1 heterocycles. The molecule has 1 aliphatic rings. The molecule has 1 atom stereocenters. The predicted octanol–water partition coefficient (Wildman–Crippen LogP) is 4.90. The topological polar surface area (TPSA) is 102 Å². The van der Waals surface area contributed by atoms with Crippen LogP contribution in [0.2, 0.25) is 10.0 Å². The summed E-state index contributed by atoms with van der Waals surface area (Å²) in [5, 5.41) is 13.2. The molecule has 0 aliphatic heterocycles. The van der Waals surface area contributed by atoms with E-state index in [1.807, 2.05) is 0 Å². The number of hydrogen-bond donors (Lipinski definition) is 1. The van der Waals surface area contributed by atoms with Crippen LogP contribution in [0.4, 0.5) is 4.39 Å². The first-order valence-electron chi connectivity index (χ1n) is 10.2. The van der Waals surface area contributed by atoms with Gasteiger partial charge in [-0.3, -0.25) is 9.48 Å². The minimum atomic E-state index is -4.01. The number of aliphatic carboxylic acids is 1. The molecule has 180 valence electrons. The Morgan fingerprint density at radius 1 is 1.26 bits per heavy atom. The Balaban J connectivity index is 1.60. The molecular formula is C22H20Cl2FN3O5S. The van der Waals surface area contributed by atoms with Gasteiger partial charge in [-0.1, -0.05) is 23.2 Å². The number of fused-ring (bicyclic) bond motifs is 1. The van der Waals surface area contributed by atoms with Gasteiger partial charge in [0.2, 0.25) is 10.0 Å². The quantitative estimate of drug-likeness (QED) is 0.468. The van der Waals surface area contributed by atoms with Crippen molar-refractivity contribution in [1.29, 1.82) is 0 Å². The van der Waals surface area contributed by atoms with E-state index < -0.39 is 27.9 Å². The standard InChI is InChI=1S/C22H20Cl2FN3O5S/c1-27(18-3-2-4-19-15(18)11-26-28(19)12-22(29)30)34(31,32)21-8-6-14(10-17(21)24)33-20-7-5-13(25)9-16(20)23/h5-11,18H,2-4,12H2,1H3,(H,29,30)/t18-/m1/s1. The Hall–Kier alpha value is -2.66. The SMILES string of the molecule is CN([C@@H]1CCCc2c1cnn2CC(=O)O)S(=O)(=O)c1ccc(Oc2ccc(F)cc2Cl)cc1Cl. The fraction of sp³-hybridized carbons (Fsp3) is 0.273. The van der Waals surface area contributed by atoms with E-state index in [0.717, 1.165) is 6.07 Å². The van der Waals surface area contributed by atoms with Gasteiger partial charge in [0.15, 0.2) is 0 Å². The van der Waals surface area contributed by atoms with Crippen molar-refractivity contribution in [3.05, 3.63) is 69.7 Å². The van der Waals surface area contributed by atoms with E-state index in [2.05, 4.69) is 5.10 Å². The maximum atomic E-state index is 13.4. The second-order valence-corrected chi connectivity index (χ2v) is 10.6. The molecule has 1 aromatic heterocycles. The molecule has 3 aromatic rings. The van der Waals surface area contributed by atoms with Crippen LogP contribution in [0.1, 0.15) is 30.1 Å². The normalized spacial score (nSPS) is 15.9. The van der Waals surface area contributed by atoms with Gasteiger partial charge in [0.05, 0.1) is 22.3 Å². The zero-order chi connectivity index (χ0) is 24.6. The molecule has 0 amide bonds. The molecule has 4 rings (SSSR count). The summed E-state index contributed by atoms with van der Waals surface area (Å²) in [5.41, 5.74) is 1.40. The summed E-state index contributed by atoms with van der Waals surface area (Å²) in [5.74, 6) is -1.11. The highest BCUT2D eigenvalue weighted by Crippen LogP contribution is 2.39. The third-order valence-corrected chi connectivity index (χ3v) is 8.28. The van der Waals surface area contributed by atoms with E-state index in [0.29, 0.717) is 30.5 Å². The number of carbonyl (C=O) groups is 1. The summed E-state index contributed by atoms with van der Waals surface area (Å²) in [6.45, 7) is -0.288. The summed E-state index contributed by atoms with van der Waals surface area (Å²) in [6.07, 6.45) is 3.38. The molecule has 8 nitrogen and oxygen atoms in total. The average molecular weight is 528 g/mol. The Bertz CT molecular complexity index is 1360. The van der Waals surface area contributed by atoms with Crippen molar-refractivity contribution in [3.63, 3.8) is 0 Å². The lowest BCUT2D eigenvalue weighted by atomic mass is 9.93. The van der Waals surface area contributed by atoms with Crippen LogP contribution in [0.25, 0.3) is 0 Å². The van der Waals surface area contributed by atoms with Crippen molar-refractivity contribution < 1.29 is 27.4 Å². The van der Waals surface area contributed by atoms with Crippen molar-refractivity contribution >= 4 is 39.2 Å². The Morgan fingerprint density at radius 2 is 2.03 bits per heavy atom. The van der Waals surface area contributed by atoms with Gasteiger partial charge < -0.3 is 9.84 Å². The summed E-state index contributed by atoms with van der Waals surface area (Å²) in [4.78, 5) is 11.0. The zero-order valence-electron chi connectivity index (χ0n) is 17.9. The van der Waals surface area contributed by atoms with E-state index in [9.17, 15) is 17.6 Å². The number of aromatic nitrogens is 2. The molecule has 12 heteroatoms. The van der Waals surface area contributed by atoms with Crippen LogP contribution >= 0.6 is 23.2 Å². The lowest BCUT2D eigenvalue weighted by molar-refractivity contribution is -0.137. The molecule has 0 radical (unpaired) electrons. The Labute approximate surface area is 205 Å². The van der Waals surface area contributed by atoms with E-state index in [4.69, 9.17) is 33.0 Å². The van der Waals surface area contributed by atoms with Crippen molar-refractivity contribution in [2.24, 2.45) is 0 Å². The fourth-order valence-corrected chi connectivity index (χ4v) is 6.08. The molecule has 0 bridgehead atoms. The van der Waals surface area contributed by atoms with E-state index >= 15 is 0 Å². The summed E-state index contributed by atoms with van der Waals surface area (Å²) in [6, 6.07) is 7.24. The highest BCUT2D eigenvalue weighted by atomic mass is 35.5. The van der Waals surface area contributed by atoms with Gasteiger partial charge in [-0.15, -0.1) is 0 Å². The number of carboxylic acids is 1. The molecule has 34 heavy (non-hydrogen) atoms. The summed E-state index contributed by atoms with van der Waals surface area (Å²) < 4.78 is 48.3. The summed E-state index contributed by atoms with van der Waals surface area (Å²) in [7, 11) is -2.55. The van der Waals surface area contributed by atoms with Gasteiger partial charge in [-0.25, -0.2) is 12.8 Å². The second kappa shape index (κ2) is 9.53. The van der Waals surface area contributed by atoms with Crippen molar-refractivity contribution in [2.75, 3.05) is 7.05 Å². The van der Waals surface area contributed by atoms with Gasteiger partial charge in [0.25, 0.3) is 0 Å². The minimum absolute atomic E-state index is 0.0554. The molecule has 2 aromatic carbocycles. The first-order valence-corrected chi connectivity index (χ1v) is 12.4. The highest BCUT2D eigenvalue weighted by Gasteiger charge is 2.35. The van der Waals surface area contributed by atoms with Crippen molar-refractivity contribution in [2.45, 2.75) is 36.7 Å². The van der Waals surface area contributed by atoms with Crippen LogP contribution in [0, 0.1) is 5.82 Å². The Kier molecular flexibility index (Phi) is 6.86. The van der Waals surface area contributed by atoms with Gasteiger partial charge in [-0.2, -0.15) is 9.40 Å². The van der Waals surface area contributed by atoms with Crippen molar-refractivity contribution in [1.82, 2.24) is 14.1 Å². The van der Waals surface area contributed by atoms with Crippen LogP contribution in [0.3, 0.4) is 0 Å². The third-order valence-electron chi connectivity index (χ3n) is 5.64. The number of halogens is 3. The fourth-order valence-electron chi connectivity index (χ4n) is 4.00. The van der Waals surface area contributed by atoms with Gasteiger partial charge in [0, 0.05) is 24.4 Å². The molecule has 1 N–H and O–H groups in total.